The average Bonchev–Trinajstić information content (AvgIpc) is 2.80. The van der Waals surface area contributed by atoms with Crippen molar-refractivity contribution in [2.24, 2.45) is 17.3 Å². The fourth-order valence-electron chi connectivity index (χ4n) is 3.38. The van der Waals surface area contributed by atoms with Crippen LogP contribution >= 0.6 is 0 Å². The second kappa shape index (κ2) is 12.0. The zero-order valence-corrected chi connectivity index (χ0v) is 12.6. The van der Waals surface area contributed by atoms with Crippen molar-refractivity contribution < 1.29 is 19.4 Å². The molecule has 1 aliphatic carbocycles. The summed E-state index contributed by atoms with van der Waals surface area (Å²) in [7, 11) is 0. The molecular formula is C19H36O4. The summed E-state index contributed by atoms with van der Waals surface area (Å²) in [4.78, 5) is 24.6. The Morgan fingerprint density at radius 2 is 1.70 bits per heavy atom. The van der Waals surface area contributed by atoms with Crippen molar-refractivity contribution in [3.8, 4) is 12.0 Å². The van der Waals surface area contributed by atoms with E-state index in [0.29, 0.717) is 24.7 Å². The number of ketones is 1. The van der Waals surface area contributed by atoms with Crippen LogP contribution in [0, 0.1) is 29.3 Å². The zero-order valence-electron chi connectivity index (χ0n) is 12.6. The zero-order chi connectivity index (χ0) is 15.2. The number of hydrogen-bond acceptors (Lipinski definition) is 4. The minimum atomic E-state index is -1.17. The van der Waals surface area contributed by atoms with Gasteiger partial charge in [-0.05, 0) is 31.6 Å². The van der Waals surface area contributed by atoms with E-state index in [-0.39, 0.29) is 28.9 Å². The number of esters is 1. The predicted molar refractivity (Wildman–Crippen MR) is 95.4 cm³/mol. The summed E-state index contributed by atoms with van der Waals surface area (Å²) in [6.07, 6.45) is 5.58. The number of hydrogen-bond donors (Lipinski definition) is 1. The Balaban J connectivity index is -0.00000133. The number of aliphatic hydroxyl groups excluding tert-OH is 1. The van der Waals surface area contributed by atoms with E-state index in [0.717, 1.165) is 19.3 Å². The molecule has 0 radical (unpaired) electrons. The molecule has 23 heavy (non-hydrogen) atoms. The molecule has 0 heterocycles. The Hall–Kier alpha value is -1.50. The predicted octanol–water partition coefficient (Wildman–Crippen LogP) is 4.58. The highest BCUT2D eigenvalue weighted by Crippen LogP contribution is 2.50. The van der Waals surface area contributed by atoms with Gasteiger partial charge in [-0.1, -0.05) is 55.4 Å². The number of ether oxygens (including phenoxy) is 1. The highest BCUT2D eigenvalue weighted by atomic mass is 16.5. The fraction of sp³-hybridized carbons (Fsp3) is 0.789. The molecular weight excluding hydrogens is 292 g/mol. The van der Waals surface area contributed by atoms with Crippen molar-refractivity contribution in [2.75, 3.05) is 6.61 Å². The third kappa shape index (κ3) is 5.57. The van der Waals surface area contributed by atoms with Gasteiger partial charge in [0.25, 0.3) is 0 Å². The van der Waals surface area contributed by atoms with Gasteiger partial charge in [0.1, 0.15) is 11.5 Å². The molecule has 0 aromatic rings. The summed E-state index contributed by atoms with van der Waals surface area (Å²) in [5.74, 6) is 1.84. The van der Waals surface area contributed by atoms with E-state index in [4.69, 9.17) is 9.84 Å². The van der Waals surface area contributed by atoms with Crippen LogP contribution in [-0.4, -0.2) is 23.5 Å². The Morgan fingerprint density at radius 1 is 1.13 bits per heavy atom. The molecule has 0 amide bonds. The van der Waals surface area contributed by atoms with E-state index in [1.807, 2.05) is 0 Å². The largest absolute Gasteiger partial charge is 0.465 e. The minimum absolute atomic E-state index is 0. The van der Waals surface area contributed by atoms with Crippen LogP contribution in [0.4, 0.5) is 0 Å². The standard InChI is InChI=1S/C16H24O4.3CH4/c1-4-7-13-11-16(10-12(13)5-2,14(18)8-9-17)15(19)20-6-3;;;/h12-13,17H,4-7,10-11H2,1-3H3;3*1H4. The molecule has 0 bridgehead atoms. The first-order valence-electron chi connectivity index (χ1n) is 7.42. The van der Waals surface area contributed by atoms with E-state index >= 15 is 0 Å². The lowest BCUT2D eigenvalue weighted by Crippen LogP contribution is -2.38. The number of Topliss-reactive ketones (excluding diaryl/α,β-unsaturated/α-hetero) is 1. The smallest absolute Gasteiger partial charge is 0.320 e. The van der Waals surface area contributed by atoms with E-state index in [1.165, 1.54) is 0 Å². The lowest BCUT2D eigenvalue weighted by molar-refractivity contribution is -0.158. The maximum Gasteiger partial charge on any atom is 0.320 e. The molecule has 0 aliphatic heterocycles. The van der Waals surface area contributed by atoms with Gasteiger partial charge < -0.3 is 9.84 Å². The van der Waals surface area contributed by atoms with E-state index in [1.54, 1.807) is 13.0 Å². The molecule has 1 rings (SSSR count). The summed E-state index contributed by atoms with van der Waals surface area (Å²) in [5.41, 5.74) is -1.17. The van der Waals surface area contributed by atoms with Crippen LogP contribution in [0.2, 0.25) is 0 Å². The molecule has 0 saturated heterocycles. The topological polar surface area (TPSA) is 63.6 Å². The molecule has 3 unspecified atom stereocenters. The van der Waals surface area contributed by atoms with Crippen molar-refractivity contribution >= 4 is 11.8 Å². The molecule has 0 aromatic heterocycles. The third-order valence-corrected chi connectivity index (χ3v) is 4.34. The molecule has 4 nitrogen and oxygen atoms in total. The lowest BCUT2D eigenvalue weighted by Gasteiger charge is -2.23. The summed E-state index contributed by atoms with van der Waals surface area (Å²) < 4.78 is 5.11. The van der Waals surface area contributed by atoms with E-state index in [9.17, 15) is 9.59 Å². The maximum absolute atomic E-state index is 12.3. The quantitative estimate of drug-likeness (QED) is 0.440. The van der Waals surface area contributed by atoms with Gasteiger partial charge in [-0.2, -0.15) is 0 Å². The maximum atomic E-state index is 12.3. The van der Waals surface area contributed by atoms with Crippen molar-refractivity contribution in [1.29, 1.82) is 0 Å². The number of rotatable bonds is 6. The number of carbonyl (C=O) groups excluding carboxylic acids is 2. The summed E-state index contributed by atoms with van der Waals surface area (Å²) in [6, 6.07) is 0. The molecule has 1 fully saturated rings. The minimum Gasteiger partial charge on any atom is -0.465 e. The molecule has 3 atom stereocenters. The van der Waals surface area contributed by atoms with Crippen LogP contribution in [0.1, 0.15) is 75.2 Å². The first-order chi connectivity index (χ1) is 9.55. The third-order valence-electron chi connectivity index (χ3n) is 4.34. The normalized spacial score (nSPS) is 24.8. The first-order valence-corrected chi connectivity index (χ1v) is 7.42. The Kier molecular flexibility index (Phi) is 13.8. The van der Waals surface area contributed by atoms with Crippen LogP contribution in [-0.2, 0) is 14.3 Å². The highest BCUT2D eigenvalue weighted by Gasteiger charge is 2.54. The van der Waals surface area contributed by atoms with Gasteiger partial charge in [-0.25, -0.2) is 0 Å². The van der Waals surface area contributed by atoms with Gasteiger partial charge in [-0.15, -0.1) is 0 Å². The second-order valence-electron chi connectivity index (χ2n) is 5.49. The van der Waals surface area contributed by atoms with Gasteiger partial charge in [0.15, 0.2) is 0 Å². The van der Waals surface area contributed by atoms with Gasteiger partial charge >= 0.3 is 5.97 Å². The second-order valence-corrected chi connectivity index (χ2v) is 5.49. The van der Waals surface area contributed by atoms with Crippen molar-refractivity contribution in [2.45, 2.75) is 75.2 Å². The SMILES string of the molecule is C.C.C.CCCC1CC(C(=O)C#CO)(C(=O)OCC)CC1CC. The lowest BCUT2D eigenvalue weighted by atomic mass is 9.80. The summed E-state index contributed by atoms with van der Waals surface area (Å²) in [6.45, 7) is 6.16. The molecule has 0 spiro atoms. The van der Waals surface area contributed by atoms with Crippen LogP contribution in [0.25, 0.3) is 0 Å². The fourth-order valence-corrected chi connectivity index (χ4v) is 3.38. The summed E-state index contributed by atoms with van der Waals surface area (Å²) >= 11 is 0. The average molecular weight is 328 g/mol. The van der Waals surface area contributed by atoms with Crippen LogP contribution < -0.4 is 0 Å². The number of carbonyl (C=O) groups is 2. The Labute approximate surface area is 143 Å². The molecule has 1 N–H and O–H groups in total. The van der Waals surface area contributed by atoms with Gasteiger partial charge in [0.2, 0.25) is 5.78 Å². The summed E-state index contributed by atoms with van der Waals surface area (Å²) in [5, 5.41) is 8.68. The van der Waals surface area contributed by atoms with E-state index in [2.05, 4.69) is 19.8 Å². The van der Waals surface area contributed by atoms with Gasteiger partial charge in [0.05, 0.1) is 6.61 Å². The first kappa shape index (κ1) is 26.4. The molecule has 1 aliphatic rings. The number of aliphatic hydroxyl groups is 1. The monoisotopic (exact) mass is 328 g/mol. The Bertz CT molecular complexity index is 419. The Morgan fingerprint density at radius 3 is 2.13 bits per heavy atom. The van der Waals surface area contributed by atoms with Crippen LogP contribution in [0.5, 0.6) is 0 Å². The van der Waals surface area contributed by atoms with Crippen molar-refractivity contribution in [3.05, 3.63) is 0 Å². The van der Waals surface area contributed by atoms with Crippen molar-refractivity contribution in [1.82, 2.24) is 0 Å². The van der Waals surface area contributed by atoms with Gasteiger partial charge in [-0.3, -0.25) is 9.59 Å². The van der Waals surface area contributed by atoms with Crippen LogP contribution in [0.15, 0.2) is 0 Å². The highest BCUT2D eigenvalue weighted by molar-refractivity contribution is 6.12. The van der Waals surface area contributed by atoms with Crippen molar-refractivity contribution in [3.63, 3.8) is 0 Å². The van der Waals surface area contributed by atoms with E-state index < -0.39 is 17.2 Å². The van der Waals surface area contributed by atoms with Crippen LogP contribution in [0.3, 0.4) is 0 Å². The molecule has 0 aromatic carbocycles. The molecule has 1 saturated carbocycles. The van der Waals surface area contributed by atoms with Gasteiger partial charge in [0, 0.05) is 5.92 Å². The molecule has 4 heteroatoms. The molecule has 136 valence electrons.